The van der Waals surface area contributed by atoms with Crippen LogP contribution in [0.2, 0.25) is 0 Å². The monoisotopic (exact) mass is 525 g/mol. The minimum Gasteiger partial charge on any atom is -0.382 e. The second-order valence-corrected chi connectivity index (χ2v) is 14.1. The van der Waals surface area contributed by atoms with Crippen LogP contribution in [0.1, 0.15) is 85.5 Å². The van der Waals surface area contributed by atoms with Crippen molar-refractivity contribution < 1.29 is 19.0 Å². The third kappa shape index (κ3) is 4.48. The van der Waals surface area contributed by atoms with Crippen LogP contribution < -0.4 is 0 Å². The Balaban J connectivity index is 1.21. The summed E-state index contributed by atoms with van der Waals surface area (Å²) in [7, 11) is 1.73. The highest BCUT2D eigenvalue weighted by Crippen LogP contribution is 2.64. The Morgan fingerprint density at radius 2 is 1.97 bits per heavy atom. The number of rotatable bonds is 6. The summed E-state index contributed by atoms with van der Waals surface area (Å²) in [6.45, 7) is 14.1. The van der Waals surface area contributed by atoms with Crippen molar-refractivity contribution in [3.05, 3.63) is 22.8 Å². The molecule has 1 spiro atoms. The molecule has 1 unspecified atom stereocenters. The highest BCUT2D eigenvalue weighted by atomic mass is 16.5. The van der Waals surface area contributed by atoms with Crippen LogP contribution in [0.15, 0.2) is 22.8 Å². The van der Waals surface area contributed by atoms with Crippen LogP contribution in [0.3, 0.4) is 0 Å². The number of nitrogens with zero attached hydrogens (tertiary/aromatic N) is 1. The second kappa shape index (κ2) is 10.4. The van der Waals surface area contributed by atoms with Gasteiger partial charge in [-0.25, -0.2) is 0 Å². The molecular formula is C33H51NO4. The van der Waals surface area contributed by atoms with Crippen molar-refractivity contribution in [2.75, 3.05) is 40.0 Å². The molecule has 4 fully saturated rings. The molecule has 6 rings (SSSR count). The molecule has 38 heavy (non-hydrogen) atoms. The lowest BCUT2D eigenvalue weighted by Crippen LogP contribution is -2.52. The van der Waals surface area contributed by atoms with Crippen molar-refractivity contribution in [3.63, 3.8) is 0 Å². The lowest BCUT2D eigenvalue weighted by atomic mass is 9.56. The third-order valence-corrected chi connectivity index (χ3v) is 12.1. The van der Waals surface area contributed by atoms with Crippen LogP contribution in [0.4, 0.5) is 0 Å². The van der Waals surface area contributed by atoms with Gasteiger partial charge in [-0.3, -0.25) is 9.69 Å². The van der Waals surface area contributed by atoms with E-state index in [0.717, 1.165) is 63.1 Å². The number of likely N-dealkylation sites (tertiary alicyclic amines) is 1. The predicted octanol–water partition coefficient (Wildman–Crippen LogP) is 5.98. The molecule has 0 bridgehead atoms. The van der Waals surface area contributed by atoms with Gasteiger partial charge < -0.3 is 14.2 Å². The van der Waals surface area contributed by atoms with Crippen LogP contribution in [0.25, 0.3) is 0 Å². The maximum absolute atomic E-state index is 12.2. The number of piperidine rings is 1. The van der Waals surface area contributed by atoms with E-state index in [1.54, 1.807) is 18.3 Å². The molecule has 5 heteroatoms. The fourth-order valence-electron chi connectivity index (χ4n) is 10.2. The summed E-state index contributed by atoms with van der Waals surface area (Å²) in [5, 5.41) is 0. The molecule has 0 aromatic rings. The zero-order valence-electron chi connectivity index (χ0n) is 24.6. The molecule has 4 aliphatic carbocycles. The smallest absolute Gasteiger partial charge is 0.155 e. The van der Waals surface area contributed by atoms with Crippen molar-refractivity contribution in [1.82, 2.24) is 4.90 Å². The molecule has 5 nitrogen and oxygen atoms in total. The zero-order chi connectivity index (χ0) is 26.7. The SMILES string of the molecule is COCCOCCN1C[C@@H](C)C[C@H]2O[C@]3(CC[C@@H]4C(=C(C)C3)C[C@H]3C4CCC4=CC(=O)CC[C@@]43C)[C@H](C)[C@@H]21. The Morgan fingerprint density at radius 1 is 1.13 bits per heavy atom. The number of hydrogen-bond acceptors (Lipinski definition) is 5. The van der Waals surface area contributed by atoms with Crippen molar-refractivity contribution in [2.45, 2.75) is 103 Å². The van der Waals surface area contributed by atoms with E-state index in [9.17, 15) is 4.79 Å². The van der Waals surface area contributed by atoms with Crippen LogP contribution in [0.5, 0.6) is 0 Å². The molecule has 212 valence electrons. The van der Waals surface area contributed by atoms with Gasteiger partial charge >= 0.3 is 0 Å². The summed E-state index contributed by atoms with van der Waals surface area (Å²) in [4.78, 5) is 14.9. The third-order valence-electron chi connectivity index (χ3n) is 12.1. The Kier molecular flexibility index (Phi) is 7.46. The molecule has 2 heterocycles. The molecule has 9 atom stereocenters. The van der Waals surface area contributed by atoms with E-state index in [2.05, 4.69) is 32.6 Å². The second-order valence-electron chi connectivity index (χ2n) is 14.1. The van der Waals surface area contributed by atoms with Gasteiger partial charge in [0.25, 0.3) is 0 Å². The molecule has 0 amide bonds. The first-order valence-electron chi connectivity index (χ1n) is 15.7. The van der Waals surface area contributed by atoms with Gasteiger partial charge in [0.15, 0.2) is 5.78 Å². The van der Waals surface area contributed by atoms with Crippen molar-refractivity contribution in [3.8, 4) is 0 Å². The van der Waals surface area contributed by atoms with E-state index in [1.807, 2.05) is 6.08 Å². The molecule has 0 aromatic heterocycles. The minimum absolute atomic E-state index is 0.0215. The van der Waals surface area contributed by atoms with Crippen molar-refractivity contribution in [1.29, 1.82) is 0 Å². The topological polar surface area (TPSA) is 48.0 Å². The van der Waals surface area contributed by atoms with Crippen LogP contribution in [-0.4, -0.2) is 68.4 Å². The van der Waals surface area contributed by atoms with E-state index >= 15 is 0 Å². The standard InChI is InChI=1S/C33H51NO4/c1-21-16-30-31(34(20-21)12-13-37-15-14-36-5)23(3)33(38-30)11-9-26-27-7-6-24-17-25(35)8-10-32(24,4)29(27)18-28(26)22(2)19-33/h17,21,23,26-27,29-31H,6-16,18-20H2,1-5H3/t21-,23+,26-,27?,29-,30+,31-,32-,33-/m0/s1. The molecule has 0 radical (unpaired) electrons. The van der Waals surface area contributed by atoms with Crippen molar-refractivity contribution in [2.24, 2.45) is 35.0 Å². The highest BCUT2D eigenvalue weighted by molar-refractivity contribution is 5.91. The van der Waals surface area contributed by atoms with Gasteiger partial charge in [0.05, 0.1) is 31.5 Å². The minimum atomic E-state index is -0.0215. The molecule has 2 saturated carbocycles. The predicted molar refractivity (Wildman–Crippen MR) is 150 cm³/mol. The number of carbonyl (C=O) groups is 1. The summed E-state index contributed by atoms with van der Waals surface area (Å²) in [6, 6.07) is 0.502. The average molecular weight is 526 g/mol. The number of ketones is 1. The lowest BCUT2D eigenvalue weighted by Gasteiger charge is -2.48. The molecule has 0 N–H and O–H groups in total. The fourth-order valence-corrected chi connectivity index (χ4v) is 10.2. The summed E-state index contributed by atoms with van der Waals surface area (Å²) in [5.41, 5.74) is 5.10. The molecule has 6 aliphatic rings. The number of fused-ring (bicyclic) bond motifs is 6. The summed E-state index contributed by atoms with van der Waals surface area (Å²) >= 11 is 0. The quantitative estimate of drug-likeness (QED) is 0.316. The normalized spacial score (nSPS) is 44.9. The van der Waals surface area contributed by atoms with Gasteiger partial charge in [-0.2, -0.15) is 0 Å². The molecule has 0 aromatic carbocycles. The number of methoxy groups -OCH3 is 1. The van der Waals surface area contributed by atoms with Crippen LogP contribution >= 0.6 is 0 Å². The van der Waals surface area contributed by atoms with E-state index in [4.69, 9.17) is 14.2 Å². The van der Waals surface area contributed by atoms with Gasteiger partial charge in [-0.15, -0.1) is 0 Å². The van der Waals surface area contributed by atoms with E-state index in [1.165, 1.54) is 37.7 Å². The van der Waals surface area contributed by atoms with Gasteiger partial charge in [-0.1, -0.05) is 37.5 Å². The Bertz CT molecular complexity index is 987. The van der Waals surface area contributed by atoms with E-state index in [-0.39, 0.29) is 11.0 Å². The zero-order valence-corrected chi connectivity index (χ0v) is 24.6. The highest BCUT2D eigenvalue weighted by Gasteiger charge is 2.59. The summed E-state index contributed by atoms with van der Waals surface area (Å²) < 4.78 is 18.3. The largest absolute Gasteiger partial charge is 0.382 e. The maximum Gasteiger partial charge on any atom is 0.155 e. The van der Waals surface area contributed by atoms with Crippen molar-refractivity contribution >= 4 is 5.78 Å². The number of carbonyl (C=O) groups excluding carboxylic acids is 1. The Morgan fingerprint density at radius 3 is 2.79 bits per heavy atom. The molecule has 2 saturated heterocycles. The molecule has 2 aliphatic heterocycles. The Hall–Kier alpha value is -1.01. The van der Waals surface area contributed by atoms with E-state index < -0.39 is 0 Å². The van der Waals surface area contributed by atoms with Crippen LogP contribution in [0, 0.1) is 35.0 Å². The number of ether oxygens (including phenoxy) is 3. The van der Waals surface area contributed by atoms with Gasteiger partial charge in [-0.05, 0) is 93.5 Å². The first-order valence-corrected chi connectivity index (χ1v) is 15.7. The first kappa shape index (κ1) is 27.2. The summed E-state index contributed by atoms with van der Waals surface area (Å²) in [5.74, 6) is 3.78. The first-order chi connectivity index (χ1) is 18.3. The fraction of sp³-hybridized carbons (Fsp3) is 0.848. The number of hydrogen-bond donors (Lipinski definition) is 0. The summed E-state index contributed by atoms with van der Waals surface area (Å²) in [6.07, 6.45) is 12.6. The van der Waals surface area contributed by atoms with E-state index in [0.29, 0.717) is 43.0 Å². The number of allylic oxidation sites excluding steroid dienone is 3. The lowest BCUT2D eigenvalue weighted by molar-refractivity contribution is -0.116. The van der Waals surface area contributed by atoms with Crippen LogP contribution in [-0.2, 0) is 19.0 Å². The Labute approximate surface area is 230 Å². The molecular weight excluding hydrogens is 474 g/mol. The maximum atomic E-state index is 12.2. The van der Waals surface area contributed by atoms with Gasteiger partial charge in [0.2, 0.25) is 0 Å². The van der Waals surface area contributed by atoms with Gasteiger partial charge in [0, 0.05) is 38.6 Å². The van der Waals surface area contributed by atoms with Gasteiger partial charge in [0.1, 0.15) is 0 Å². The average Bonchev–Trinajstić information content (AvgIpc) is 3.34.